The van der Waals surface area contributed by atoms with Gasteiger partial charge in [0.2, 0.25) is 11.1 Å². The number of nitrogens with two attached hydrogens (primary N) is 1. The lowest BCUT2D eigenvalue weighted by atomic mass is 10.3. The van der Waals surface area contributed by atoms with E-state index >= 15 is 0 Å². The van der Waals surface area contributed by atoms with Crippen LogP contribution in [0.15, 0.2) is 65.8 Å². The molecule has 0 atom stereocenters. The quantitative estimate of drug-likeness (QED) is 0.300. The fraction of sp³-hybridized carbons (Fsp3) is 0.143. The molecule has 32 heavy (non-hydrogen) atoms. The molecular weight excluding hydrogens is 450 g/mol. The number of amides is 1. The molecule has 0 aliphatic heterocycles. The lowest BCUT2D eigenvalue weighted by Crippen LogP contribution is -2.19. The molecule has 4 rings (SSSR count). The monoisotopic (exact) mass is 469 g/mol. The highest BCUT2D eigenvalue weighted by molar-refractivity contribution is 7.99. The summed E-state index contributed by atoms with van der Waals surface area (Å²) in [7, 11) is 0. The maximum atomic E-state index is 12.5. The highest BCUT2D eigenvalue weighted by Gasteiger charge is 2.15. The van der Waals surface area contributed by atoms with E-state index in [-0.39, 0.29) is 18.3 Å². The van der Waals surface area contributed by atoms with Crippen molar-refractivity contribution < 1.29 is 9.53 Å². The third-order valence-electron chi connectivity index (χ3n) is 4.35. The topological polar surface area (TPSA) is 113 Å². The van der Waals surface area contributed by atoms with Crippen LogP contribution in [0.2, 0.25) is 5.02 Å². The van der Waals surface area contributed by atoms with Crippen molar-refractivity contribution in [3.05, 3.63) is 77.2 Å². The van der Waals surface area contributed by atoms with Gasteiger partial charge < -0.3 is 15.9 Å². The minimum atomic E-state index is -0.214. The third-order valence-corrected chi connectivity index (χ3v) is 5.54. The van der Waals surface area contributed by atoms with Crippen molar-refractivity contribution in [1.82, 2.24) is 24.7 Å². The van der Waals surface area contributed by atoms with Crippen molar-refractivity contribution in [1.29, 1.82) is 0 Å². The Kier molecular flexibility index (Phi) is 6.62. The van der Waals surface area contributed by atoms with E-state index in [1.165, 1.54) is 16.4 Å². The van der Waals surface area contributed by atoms with Crippen LogP contribution in [-0.2, 0) is 11.4 Å². The average molecular weight is 470 g/mol. The van der Waals surface area contributed by atoms with Gasteiger partial charge in [-0.2, -0.15) is 5.10 Å². The molecule has 3 N–H and O–H groups in total. The molecule has 2 heterocycles. The van der Waals surface area contributed by atoms with Crippen molar-refractivity contribution >= 4 is 35.1 Å². The van der Waals surface area contributed by atoms with Crippen molar-refractivity contribution in [3.8, 4) is 11.4 Å². The standard InChI is InChI=1S/C21H20ClN7O2S/c1-14-11-18(29(27-14)16-5-3-2-4-6-16)24-20(30)13-32-21-26-25-19(28(21)23)12-31-17-9-7-15(22)8-10-17/h2-11H,12-13,23H2,1H3,(H,24,30). The van der Waals surface area contributed by atoms with Gasteiger partial charge in [0.25, 0.3) is 0 Å². The van der Waals surface area contributed by atoms with E-state index in [2.05, 4.69) is 20.6 Å². The third kappa shape index (κ3) is 5.21. The summed E-state index contributed by atoms with van der Waals surface area (Å²) in [4.78, 5) is 12.5. The summed E-state index contributed by atoms with van der Waals surface area (Å²) >= 11 is 7.04. The minimum Gasteiger partial charge on any atom is -0.486 e. The van der Waals surface area contributed by atoms with E-state index in [0.717, 1.165) is 11.4 Å². The number of carbonyl (C=O) groups is 1. The number of hydrogen-bond acceptors (Lipinski definition) is 7. The molecule has 0 saturated heterocycles. The molecule has 9 nitrogen and oxygen atoms in total. The predicted molar refractivity (Wildman–Crippen MR) is 124 cm³/mol. The number of hydrogen-bond donors (Lipinski definition) is 2. The summed E-state index contributed by atoms with van der Waals surface area (Å²) < 4.78 is 8.64. The van der Waals surface area contributed by atoms with Gasteiger partial charge in [-0.1, -0.05) is 41.6 Å². The fourth-order valence-corrected chi connectivity index (χ4v) is 3.65. The molecule has 0 spiro atoms. The van der Waals surface area contributed by atoms with E-state index in [0.29, 0.717) is 27.6 Å². The second-order valence-corrected chi connectivity index (χ2v) is 8.15. The SMILES string of the molecule is Cc1cc(NC(=O)CSc2nnc(COc3ccc(Cl)cc3)n2N)n(-c2ccccc2)n1. The van der Waals surface area contributed by atoms with E-state index in [9.17, 15) is 4.79 Å². The molecule has 0 aliphatic rings. The average Bonchev–Trinajstić information content (AvgIpc) is 3.34. The van der Waals surface area contributed by atoms with Gasteiger partial charge in [-0.15, -0.1) is 10.2 Å². The molecular formula is C21H20ClN7O2S. The second-order valence-electron chi connectivity index (χ2n) is 6.77. The Bertz CT molecular complexity index is 1210. The number of rotatable bonds is 8. The van der Waals surface area contributed by atoms with E-state index < -0.39 is 0 Å². The van der Waals surface area contributed by atoms with Gasteiger partial charge in [-0.3, -0.25) is 4.79 Å². The first-order valence-corrected chi connectivity index (χ1v) is 11.0. The van der Waals surface area contributed by atoms with Crippen LogP contribution in [-0.4, -0.2) is 36.3 Å². The first-order valence-electron chi connectivity index (χ1n) is 9.62. The number of thioether (sulfide) groups is 1. The van der Waals surface area contributed by atoms with Gasteiger partial charge in [0.1, 0.15) is 18.2 Å². The Labute approximate surface area is 193 Å². The van der Waals surface area contributed by atoms with Crippen LogP contribution in [0.25, 0.3) is 5.69 Å². The molecule has 0 radical (unpaired) electrons. The predicted octanol–water partition coefficient (Wildman–Crippen LogP) is 3.45. The van der Waals surface area contributed by atoms with Crippen molar-refractivity contribution in [2.24, 2.45) is 0 Å². The van der Waals surface area contributed by atoms with Gasteiger partial charge in [-0.25, -0.2) is 9.36 Å². The normalized spacial score (nSPS) is 10.8. The van der Waals surface area contributed by atoms with Gasteiger partial charge in [-0.05, 0) is 43.3 Å². The number of nitrogen functional groups attached to an aromatic ring is 1. The lowest BCUT2D eigenvalue weighted by Gasteiger charge is -2.09. The summed E-state index contributed by atoms with van der Waals surface area (Å²) in [6.07, 6.45) is 0. The molecule has 1 amide bonds. The summed E-state index contributed by atoms with van der Waals surface area (Å²) in [6.45, 7) is 2.00. The van der Waals surface area contributed by atoms with Crippen molar-refractivity contribution in [2.75, 3.05) is 16.9 Å². The molecule has 0 unspecified atom stereocenters. The number of benzene rings is 2. The summed E-state index contributed by atoms with van der Waals surface area (Å²) in [5.41, 5.74) is 1.65. The number of aryl methyl sites for hydroxylation is 1. The zero-order chi connectivity index (χ0) is 22.5. The zero-order valence-corrected chi connectivity index (χ0v) is 18.7. The number of nitrogens with one attached hydrogen (secondary N) is 1. The zero-order valence-electron chi connectivity index (χ0n) is 17.1. The van der Waals surface area contributed by atoms with Crippen LogP contribution >= 0.6 is 23.4 Å². The Morgan fingerprint density at radius 3 is 2.66 bits per heavy atom. The number of aromatic nitrogens is 5. The summed E-state index contributed by atoms with van der Waals surface area (Å²) in [6, 6.07) is 18.4. The van der Waals surface area contributed by atoms with Gasteiger partial charge in [0, 0.05) is 11.1 Å². The summed E-state index contributed by atoms with van der Waals surface area (Å²) in [5.74, 6) is 7.60. The maximum Gasteiger partial charge on any atom is 0.236 e. The van der Waals surface area contributed by atoms with Crippen LogP contribution < -0.4 is 15.9 Å². The van der Waals surface area contributed by atoms with Crippen LogP contribution in [0.4, 0.5) is 5.82 Å². The minimum absolute atomic E-state index is 0.104. The largest absolute Gasteiger partial charge is 0.486 e. The summed E-state index contributed by atoms with van der Waals surface area (Å²) in [5, 5.41) is 16.4. The number of para-hydroxylation sites is 1. The molecule has 11 heteroatoms. The fourth-order valence-electron chi connectivity index (χ4n) is 2.85. The Morgan fingerprint density at radius 1 is 1.16 bits per heavy atom. The van der Waals surface area contributed by atoms with Crippen LogP contribution in [0.3, 0.4) is 0 Å². The van der Waals surface area contributed by atoms with Crippen molar-refractivity contribution in [3.63, 3.8) is 0 Å². The number of nitrogens with zero attached hydrogens (tertiary/aromatic N) is 5. The Morgan fingerprint density at radius 2 is 1.91 bits per heavy atom. The highest BCUT2D eigenvalue weighted by Crippen LogP contribution is 2.20. The highest BCUT2D eigenvalue weighted by atomic mass is 35.5. The molecule has 2 aromatic heterocycles. The Hall–Kier alpha value is -3.50. The lowest BCUT2D eigenvalue weighted by molar-refractivity contribution is -0.113. The first kappa shape index (κ1) is 21.7. The van der Waals surface area contributed by atoms with Crippen LogP contribution in [0, 0.1) is 6.92 Å². The Balaban J connectivity index is 1.34. The molecule has 0 saturated carbocycles. The molecule has 0 aliphatic carbocycles. The smallest absolute Gasteiger partial charge is 0.236 e. The van der Waals surface area contributed by atoms with Gasteiger partial charge in [0.15, 0.2) is 5.82 Å². The first-order chi connectivity index (χ1) is 15.5. The van der Waals surface area contributed by atoms with E-state index in [1.807, 2.05) is 43.3 Å². The second kappa shape index (κ2) is 9.75. The maximum absolute atomic E-state index is 12.5. The van der Waals surface area contributed by atoms with E-state index in [1.54, 1.807) is 28.9 Å². The number of anilines is 1. The van der Waals surface area contributed by atoms with Crippen molar-refractivity contribution in [2.45, 2.75) is 18.7 Å². The molecule has 0 fully saturated rings. The molecule has 164 valence electrons. The van der Waals surface area contributed by atoms with Crippen LogP contribution in [0.1, 0.15) is 11.5 Å². The number of carbonyl (C=O) groups excluding carboxylic acids is 1. The van der Waals surface area contributed by atoms with Crippen LogP contribution in [0.5, 0.6) is 5.75 Å². The number of halogens is 1. The van der Waals surface area contributed by atoms with E-state index in [4.69, 9.17) is 22.2 Å². The van der Waals surface area contributed by atoms with Gasteiger partial charge >= 0.3 is 0 Å². The molecule has 2 aromatic carbocycles. The molecule has 4 aromatic rings. The molecule has 0 bridgehead atoms. The number of ether oxygens (including phenoxy) is 1. The van der Waals surface area contributed by atoms with Gasteiger partial charge in [0.05, 0.1) is 17.1 Å².